The number of nitrogens with zero attached hydrogens (tertiary/aromatic N) is 1. The van der Waals surface area contributed by atoms with Crippen molar-refractivity contribution in [2.24, 2.45) is 5.92 Å². The Hall–Kier alpha value is -2.89. The zero-order valence-corrected chi connectivity index (χ0v) is 15.8. The minimum absolute atomic E-state index is 0.0240. The lowest BCUT2D eigenvalue weighted by atomic mass is 10.1. The molecule has 140 valence electrons. The lowest BCUT2D eigenvalue weighted by Crippen LogP contribution is -2.44. The van der Waals surface area contributed by atoms with Crippen molar-refractivity contribution >= 4 is 37.9 Å². The summed E-state index contributed by atoms with van der Waals surface area (Å²) in [5.41, 5.74) is 1.33. The SMILES string of the molecule is COC(=O)C(NS(=O)(=O)c1ccc2c(c1)oc1cc(C#N)ccc12)C(C)C. The van der Waals surface area contributed by atoms with Gasteiger partial charge in [-0.3, -0.25) is 4.79 Å². The molecule has 0 aliphatic rings. The van der Waals surface area contributed by atoms with Crippen molar-refractivity contribution in [1.29, 1.82) is 5.26 Å². The highest BCUT2D eigenvalue weighted by molar-refractivity contribution is 7.89. The van der Waals surface area contributed by atoms with Gasteiger partial charge in [0.15, 0.2) is 0 Å². The van der Waals surface area contributed by atoms with E-state index in [1.54, 1.807) is 38.1 Å². The fraction of sp³-hybridized carbons (Fsp3) is 0.263. The lowest BCUT2D eigenvalue weighted by molar-refractivity contribution is -0.143. The normalized spacial score (nSPS) is 13.0. The first-order chi connectivity index (χ1) is 12.8. The van der Waals surface area contributed by atoms with Crippen molar-refractivity contribution < 1.29 is 22.4 Å². The van der Waals surface area contributed by atoms with Crippen molar-refractivity contribution in [2.45, 2.75) is 24.8 Å². The fourth-order valence-electron chi connectivity index (χ4n) is 2.81. The first kappa shape index (κ1) is 18.9. The maximum atomic E-state index is 12.7. The molecule has 8 heteroatoms. The van der Waals surface area contributed by atoms with E-state index in [0.29, 0.717) is 16.7 Å². The molecular formula is C19H18N2O5S. The number of hydrogen-bond acceptors (Lipinski definition) is 6. The molecule has 7 nitrogen and oxygen atoms in total. The third-order valence-corrected chi connectivity index (χ3v) is 5.73. The quantitative estimate of drug-likeness (QED) is 0.675. The Kier molecular flexibility index (Phi) is 4.91. The third kappa shape index (κ3) is 3.52. The largest absolute Gasteiger partial charge is 0.468 e. The number of methoxy groups -OCH3 is 1. The van der Waals surface area contributed by atoms with Crippen LogP contribution < -0.4 is 4.72 Å². The molecule has 0 spiro atoms. The van der Waals surface area contributed by atoms with Gasteiger partial charge in [-0.1, -0.05) is 13.8 Å². The van der Waals surface area contributed by atoms with Crippen LogP contribution in [0.25, 0.3) is 21.9 Å². The lowest BCUT2D eigenvalue weighted by Gasteiger charge is -2.19. The number of carbonyl (C=O) groups excluding carboxylic acids is 1. The molecule has 0 aliphatic heterocycles. The van der Waals surface area contributed by atoms with Gasteiger partial charge in [-0.2, -0.15) is 9.98 Å². The number of carbonyl (C=O) groups is 1. The Labute approximate surface area is 156 Å². The molecule has 2 aromatic carbocycles. The van der Waals surface area contributed by atoms with Crippen LogP contribution in [0.3, 0.4) is 0 Å². The number of fused-ring (bicyclic) bond motifs is 3. The summed E-state index contributed by atoms with van der Waals surface area (Å²) in [4.78, 5) is 11.8. The second-order valence-corrected chi connectivity index (χ2v) is 8.16. The summed E-state index contributed by atoms with van der Waals surface area (Å²) in [6.45, 7) is 3.44. The predicted octanol–water partition coefficient (Wildman–Crippen LogP) is 2.93. The molecule has 1 atom stereocenters. The molecule has 1 aromatic heterocycles. The van der Waals surface area contributed by atoms with E-state index in [-0.39, 0.29) is 10.8 Å². The van der Waals surface area contributed by atoms with Crippen LogP contribution >= 0.6 is 0 Å². The Balaban J connectivity index is 2.04. The van der Waals surface area contributed by atoms with Crippen molar-refractivity contribution in [3.05, 3.63) is 42.0 Å². The van der Waals surface area contributed by atoms with Crippen LogP contribution in [0.2, 0.25) is 0 Å². The molecule has 0 amide bonds. The van der Waals surface area contributed by atoms with Crippen molar-refractivity contribution in [3.8, 4) is 6.07 Å². The van der Waals surface area contributed by atoms with Gasteiger partial charge in [0.05, 0.1) is 23.6 Å². The first-order valence-electron chi connectivity index (χ1n) is 8.23. The maximum absolute atomic E-state index is 12.7. The summed E-state index contributed by atoms with van der Waals surface area (Å²) < 4.78 is 38.2. The molecule has 0 aliphatic carbocycles. The topological polar surface area (TPSA) is 109 Å². The van der Waals surface area contributed by atoms with E-state index in [2.05, 4.69) is 9.46 Å². The third-order valence-electron chi connectivity index (χ3n) is 4.29. The number of rotatable bonds is 5. The number of ether oxygens (including phenoxy) is 1. The summed E-state index contributed by atoms with van der Waals surface area (Å²) in [5, 5.41) is 10.5. The molecule has 0 radical (unpaired) electrons. The summed E-state index contributed by atoms with van der Waals surface area (Å²) in [7, 11) is -2.75. The molecule has 1 heterocycles. The summed E-state index contributed by atoms with van der Waals surface area (Å²) in [6.07, 6.45) is 0. The standard InChI is InChI=1S/C19H18N2O5S/c1-11(2)18(19(22)25-3)21-27(23,24)13-5-7-15-14-6-4-12(10-20)8-16(14)26-17(15)9-13/h4-9,11,18,21H,1-3H3. The van der Waals surface area contributed by atoms with Gasteiger partial charge in [-0.05, 0) is 36.2 Å². The highest BCUT2D eigenvalue weighted by atomic mass is 32.2. The van der Waals surface area contributed by atoms with E-state index in [1.165, 1.54) is 19.2 Å². The Bertz CT molecular complexity index is 1170. The van der Waals surface area contributed by atoms with Crippen LogP contribution in [-0.4, -0.2) is 27.5 Å². The smallest absolute Gasteiger partial charge is 0.324 e. The maximum Gasteiger partial charge on any atom is 0.324 e. The Morgan fingerprint density at radius 3 is 2.37 bits per heavy atom. The van der Waals surface area contributed by atoms with Crippen molar-refractivity contribution in [3.63, 3.8) is 0 Å². The van der Waals surface area contributed by atoms with Gasteiger partial charge in [-0.25, -0.2) is 8.42 Å². The second kappa shape index (κ2) is 7.02. The molecule has 3 rings (SSSR count). The minimum Gasteiger partial charge on any atom is -0.468 e. The number of furan rings is 1. The second-order valence-electron chi connectivity index (χ2n) is 6.45. The van der Waals surface area contributed by atoms with Crippen LogP contribution in [-0.2, 0) is 19.6 Å². The molecule has 1 N–H and O–H groups in total. The van der Waals surface area contributed by atoms with Gasteiger partial charge in [0, 0.05) is 16.8 Å². The van der Waals surface area contributed by atoms with E-state index in [1.807, 2.05) is 6.07 Å². The molecule has 27 heavy (non-hydrogen) atoms. The van der Waals surface area contributed by atoms with E-state index in [4.69, 9.17) is 9.68 Å². The van der Waals surface area contributed by atoms with Crippen LogP contribution in [0.15, 0.2) is 45.7 Å². The highest BCUT2D eigenvalue weighted by Crippen LogP contribution is 2.31. The van der Waals surface area contributed by atoms with Crippen molar-refractivity contribution in [2.75, 3.05) is 7.11 Å². The first-order valence-corrected chi connectivity index (χ1v) is 9.71. The molecule has 0 bridgehead atoms. The van der Waals surface area contributed by atoms with Crippen LogP contribution in [0.5, 0.6) is 0 Å². The Morgan fingerprint density at radius 2 is 1.78 bits per heavy atom. The van der Waals surface area contributed by atoms with E-state index in [0.717, 1.165) is 10.8 Å². The van der Waals surface area contributed by atoms with Gasteiger partial charge < -0.3 is 9.15 Å². The van der Waals surface area contributed by atoms with Gasteiger partial charge in [0.1, 0.15) is 17.2 Å². The number of nitrogens with one attached hydrogen (secondary N) is 1. The molecular weight excluding hydrogens is 368 g/mol. The molecule has 0 saturated heterocycles. The van der Waals surface area contributed by atoms with Crippen molar-refractivity contribution in [1.82, 2.24) is 4.72 Å². The fourth-order valence-corrected chi connectivity index (χ4v) is 4.16. The van der Waals surface area contributed by atoms with E-state index in [9.17, 15) is 13.2 Å². The van der Waals surface area contributed by atoms with Crippen LogP contribution in [0, 0.1) is 17.2 Å². The summed E-state index contributed by atoms with van der Waals surface area (Å²) >= 11 is 0. The minimum atomic E-state index is -3.96. The average Bonchev–Trinajstić information content (AvgIpc) is 3.01. The summed E-state index contributed by atoms with van der Waals surface area (Å²) in [6, 6.07) is 10.6. The van der Waals surface area contributed by atoms with E-state index >= 15 is 0 Å². The Morgan fingerprint density at radius 1 is 1.15 bits per heavy atom. The zero-order valence-electron chi connectivity index (χ0n) is 15.0. The monoisotopic (exact) mass is 386 g/mol. The number of benzene rings is 2. The van der Waals surface area contributed by atoms with Crippen LogP contribution in [0.1, 0.15) is 19.4 Å². The number of sulfonamides is 1. The zero-order chi connectivity index (χ0) is 19.8. The van der Waals surface area contributed by atoms with Gasteiger partial charge in [0.2, 0.25) is 10.0 Å². The summed E-state index contributed by atoms with van der Waals surface area (Å²) in [5.74, 6) is -0.936. The number of hydrogen-bond donors (Lipinski definition) is 1. The average molecular weight is 386 g/mol. The molecule has 1 unspecified atom stereocenters. The molecule has 0 fully saturated rings. The van der Waals surface area contributed by atoms with Gasteiger partial charge in [-0.15, -0.1) is 0 Å². The number of esters is 1. The van der Waals surface area contributed by atoms with Crippen LogP contribution in [0.4, 0.5) is 0 Å². The highest BCUT2D eigenvalue weighted by Gasteiger charge is 2.29. The van der Waals surface area contributed by atoms with E-state index < -0.39 is 22.0 Å². The molecule has 0 saturated carbocycles. The van der Waals surface area contributed by atoms with Gasteiger partial charge >= 0.3 is 5.97 Å². The predicted molar refractivity (Wildman–Crippen MR) is 99.4 cm³/mol. The molecule has 3 aromatic rings. The van der Waals surface area contributed by atoms with Gasteiger partial charge in [0.25, 0.3) is 0 Å². The number of nitriles is 1.